The van der Waals surface area contributed by atoms with Crippen molar-refractivity contribution in [2.45, 2.75) is 13.3 Å². The van der Waals surface area contributed by atoms with E-state index < -0.39 is 26.0 Å². The van der Waals surface area contributed by atoms with Gasteiger partial charge in [0.15, 0.2) is 0 Å². The minimum atomic E-state index is -3.49. The summed E-state index contributed by atoms with van der Waals surface area (Å²) in [6.07, 6.45) is 1.44. The molecule has 26 heavy (non-hydrogen) atoms. The molecule has 0 aliphatic rings. The molecular weight excluding hydrogens is 402 g/mol. The Morgan fingerprint density at radius 1 is 1.12 bits per heavy atom. The number of carbonyl (C=O) groups excluding carboxylic acids is 1. The highest BCUT2D eigenvalue weighted by molar-refractivity contribution is 7.92. The summed E-state index contributed by atoms with van der Waals surface area (Å²) in [5.74, 6) is -0.562. The first-order valence-corrected chi connectivity index (χ1v) is 11.7. The number of amides is 1. The largest absolute Gasteiger partial charge is 0.296 e. The molecule has 0 saturated carbocycles. The standard InChI is InChI=1S/C13H17N5O5S3/c1-3-7-26(22,23)17-10-6-4-5-9(8-10)11(19)14-12-15-16-13(24-12)18-25(2,20)21/h4-6,8,17H,3,7H2,1-2H3,(H,16,18)(H,14,15,19). The van der Waals surface area contributed by atoms with Crippen molar-refractivity contribution in [3.05, 3.63) is 29.8 Å². The van der Waals surface area contributed by atoms with Crippen molar-refractivity contribution in [2.24, 2.45) is 0 Å². The van der Waals surface area contributed by atoms with Crippen LogP contribution in [0.4, 0.5) is 16.0 Å². The Kier molecular flexibility index (Phi) is 6.15. The molecule has 10 nitrogen and oxygen atoms in total. The van der Waals surface area contributed by atoms with Crippen molar-refractivity contribution in [1.82, 2.24) is 10.2 Å². The number of hydrogen-bond donors (Lipinski definition) is 3. The molecule has 1 amide bonds. The van der Waals surface area contributed by atoms with Gasteiger partial charge in [-0.25, -0.2) is 16.8 Å². The molecule has 0 saturated heterocycles. The summed E-state index contributed by atoms with van der Waals surface area (Å²) in [4.78, 5) is 12.3. The minimum absolute atomic E-state index is 0.0175. The summed E-state index contributed by atoms with van der Waals surface area (Å²) in [6.45, 7) is 1.75. The smallest absolute Gasteiger partial charge is 0.257 e. The molecule has 2 rings (SSSR count). The van der Waals surface area contributed by atoms with Gasteiger partial charge < -0.3 is 0 Å². The zero-order valence-electron chi connectivity index (χ0n) is 13.9. The Labute approximate surface area is 155 Å². The number of aromatic nitrogens is 2. The van der Waals surface area contributed by atoms with Crippen LogP contribution in [0.25, 0.3) is 0 Å². The van der Waals surface area contributed by atoms with E-state index in [-0.39, 0.29) is 27.3 Å². The lowest BCUT2D eigenvalue weighted by Crippen LogP contribution is -2.17. The van der Waals surface area contributed by atoms with E-state index in [1.54, 1.807) is 6.92 Å². The molecule has 0 spiro atoms. The molecule has 0 aliphatic carbocycles. The second-order valence-corrected chi connectivity index (χ2v) is 9.81. The summed E-state index contributed by atoms with van der Waals surface area (Å²) in [5, 5.41) is 9.86. The number of carbonyl (C=O) groups is 1. The molecule has 0 aliphatic heterocycles. The fourth-order valence-corrected chi connectivity index (χ4v) is 4.46. The van der Waals surface area contributed by atoms with Crippen LogP contribution >= 0.6 is 11.3 Å². The van der Waals surface area contributed by atoms with Crippen LogP contribution in [0.5, 0.6) is 0 Å². The van der Waals surface area contributed by atoms with Gasteiger partial charge in [-0.05, 0) is 24.6 Å². The van der Waals surface area contributed by atoms with Gasteiger partial charge in [-0.2, -0.15) is 0 Å². The molecule has 1 aromatic heterocycles. The van der Waals surface area contributed by atoms with Gasteiger partial charge in [-0.1, -0.05) is 24.3 Å². The maximum Gasteiger partial charge on any atom is 0.257 e. The average molecular weight is 420 g/mol. The number of nitrogens with one attached hydrogen (secondary N) is 3. The quantitative estimate of drug-likeness (QED) is 0.584. The fourth-order valence-electron chi connectivity index (χ4n) is 1.87. The van der Waals surface area contributed by atoms with E-state index in [9.17, 15) is 21.6 Å². The number of anilines is 3. The van der Waals surface area contributed by atoms with Crippen LogP contribution in [0.15, 0.2) is 24.3 Å². The lowest BCUT2D eigenvalue weighted by atomic mass is 10.2. The Morgan fingerprint density at radius 2 is 1.81 bits per heavy atom. The fraction of sp³-hybridized carbons (Fsp3) is 0.308. The lowest BCUT2D eigenvalue weighted by molar-refractivity contribution is 0.102. The number of benzene rings is 1. The van der Waals surface area contributed by atoms with Crippen LogP contribution < -0.4 is 14.8 Å². The summed E-state index contributed by atoms with van der Waals surface area (Å²) in [5.41, 5.74) is 0.470. The SMILES string of the molecule is CCCS(=O)(=O)Nc1cccc(C(=O)Nc2nnc(NS(C)(=O)=O)s2)c1. The second kappa shape index (κ2) is 7.97. The molecule has 3 N–H and O–H groups in total. The predicted octanol–water partition coefficient (Wildman–Crippen LogP) is 1.31. The van der Waals surface area contributed by atoms with Gasteiger partial charge >= 0.3 is 0 Å². The number of nitrogens with zero attached hydrogens (tertiary/aromatic N) is 2. The van der Waals surface area contributed by atoms with Gasteiger partial charge in [0.1, 0.15) is 0 Å². The van der Waals surface area contributed by atoms with Crippen molar-refractivity contribution >= 4 is 53.2 Å². The van der Waals surface area contributed by atoms with E-state index in [4.69, 9.17) is 0 Å². The van der Waals surface area contributed by atoms with E-state index in [1.807, 2.05) is 0 Å². The highest BCUT2D eigenvalue weighted by atomic mass is 32.2. The summed E-state index contributed by atoms with van der Waals surface area (Å²) in [7, 11) is -6.96. The molecule has 2 aromatic rings. The molecule has 13 heteroatoms. The van der Waals surface area contributed by atoms with Gasteiger partial charge in [-0.3, -0.25) is 19.6 Å². The van der Waals surface area contributed by atoms with Gasteiger partial charge in [0.2, 0.25) is 30.3 Å². The molecule has 0 radical (unpaired) electrons. The first-order chi connectivity index (χ1) is 12.1. The van der Waals surface area contributed by atoms with E-state index in [1.165, 1.54) is 24.3 Å². The Balaban J connectivity index is 2.09. The van der Waals surface area contributed by atoms with E-state index in [2.05, 4.69) is 25.0 Å². The Morgan fingerprint density at radius 3 is 2.46 bits per heavy atom. The van der Waals surface area contributed by atoms with E-state index in [0.717, 1.165) is 17.6 Å². The molecule has 0 fully saturated rings. The molecule has 1 heterocycles. The van der Waals surface area contributed by atoms with Crippen LogP contribution in [0.3, 0.4) is 0 Å². The summed E-state index contributed by atoms with van der Waals surface area (Å²) < 4.78 is 50.4. The van der Waals surface area contributed by atoms with Crippen LogP contribution in [-0.2, 0) is 20.0 Å². The summed E-state index contributed by atoms with van der Waals surface area (Å²) >= 11 is 0.848. The van der Waals surface area contributed by atoms with Crippen molar-refractivity contribution in [3.63, 3.8) is 0 Å². The normalized spacial score (nSPS) is 11.8. The molecule has 0 bridgehead atoms. The molecule has 1 aromatic carbocycles. The molecular formula is C13H17N5O5S3. The monoisotopic (exact) mass is 419 g/mol. The van der Waals surface area contributed by atoms with Crippen molar-refractivity contribution in [3.8, 4) is 0 Å². The third-order valence-electron chi connectivity index (χ3n) is 2.79. The lowest BCUT2D eigenvalue weighted by Gasteiger charge is -2.08. The zero-order valence-corrected chi connectivity index (χ0v) is 16.3. The van der Waals surface area contributed by atoms with Crippen molar-refractivity contribution < 1.29 is 21.6 Å². The van der Waals surface area contributed by atoms with Crippen molar-refractivity contribution in [1.29, 1.82) is 0 Å². The van der Waals surface area contributed by atoms with Gasteiger partial charge in [0.05, 0.1) is 12.0 Å². The maximum absolute atomic E-state index is 12.3. The maximum atomic E-state index is 12.3. The van der Waals surface area contributed by atoms with E-state index in [0.29, 0.717) is 6.42 Å². The average Bonchev–Trinajstić information content (AvgIpc) is 2.91. The number of hydrogen-bond acceptors (Lipinski definition) is 8. The topological polar surface area (TPSA) is 147 Å². The van der Waals surface area contributed by atoms with Crippen molar-refractivity contribution in [2.75, 3.05) is 26.8 Å². The molecule has 0 atom stereocenters. The van der Waals surface area contributed by atoms with Gasteiger partial charge in [0, 0.05) is 11.3 Å². The van der Waals surface area contributed by atoms with Crippen LogP contribution in [-0.4, -0.2) is 44.9 Å². The van der Waals surface area contributed by atoms with Crippen LogP contribution in [0, 0.1) is 0 Å². The highest BCUT2D eigenvalue weighted by Crippen LogP contribution is 2.22. The van der Waals surface area contributed by atoms with Gasteiger partial charge in [-0.15, -0.1) is 10.2 Å². The minimum Gasteiger partial charge on any atom is -0.296 e. The number of sulfonamides is 2. The first-order valence-electron chi connectivity index (χ1n) is 7.31. The Bertz CT molecular complexity index is 1000. The zero-order chi connectivity index (χ0) is 19.4. The highest BCUT2D eigenvalue weighted by Gasteiger charge is 2.14. The third-order valence-corrected chi connectivity index (χ3v) is 5.73. The van der Waals surface area contributed by atoms with Crippen LogP contribution in [0.1, 0.15) is 23.7 Å². The van der Waals surface area contributed by atoms with Crippen LogP contribution in [0.2, 0.25) is 0 Å². The summed E-state index contributed by atoms with van der Waals surface area (Å²) in [6, 6.07) is 5.96. The second-order valence-electron chi connectivity index (χ2n) is 5.24. The molecule has 142 valence electrons. The van der Waals surface area contributed by atoms with E-state index >= 15 is 0 Å². The third kappa shape index (κ3) is 6.24. The number of rotatable bonds is 8. The first kappa shape index (κ1) is 20.1. The predicted molar refractivity (Wildman–Crippen MR) is 100 cm³/mol. The molecule has 0 unspecified atom stereocenters. The van der Waals surface area contributed by atoms with Gasteiger partial charge in [0.25, 0.3) is 5.91 Å². The Hall–Kier alpha value is -2.25.